The van der Waals surface area contributed by atoms with Crippen LogP contribution in [0.3, 0.4) is 0 Å². The van der Waals surface area contributed by atoms with E-state index in [9.17, 15) is 4.79 Å². The van der Waals surface area contributed by atoms with Gasteiger partial charge in [0.15, 0.2) is 0 Å². The van der Waals surface area contributed by atoms with Crippen molar-refractivity contribution >= 4 is 0 Å². The van der Waals surface area contributed by atoms with Crippen molar-refractivity contribution in [3.8, 4) is 0 Å². The first kappa shape index (κ1) is 7.54. The lowest BCUT2D eigenvalue weighted by atomic mass is 10.00. The van der Waals surface area contributed by atoms with E-state index in [2.05, 4.69) is 10.2 Å². The number of hydrogen-bond donors (Lipinski definition) is 2. The first-order valence-corrected chi connectivity index (χ1v) is 4.15. The van der Waals surface area contributed by atoms with Crippen LogP contribution in [0.4, 0.5) is 0 Å². The van der Waals surface area contributed by atoms with Gasteiger partial charge in [-0.1, -0.05) is 0 Å². The number of H-pyrrole nitrogens is 1. The fraction of sp³-hybridized carbons (Fsp3) is 0.714. The maximum Gasteiger partial charge on any atom is 0.343 e. The molecule has 0 aliphatic carbocycles. The van der Waals surface area contributed by atoms with Gasteiger partial charge in [-0.25, -0.2) is 9.89 Å². The van der Waals surface area contributed by atoms with E-state index < -0.39 is 0 Å². The lowest BCUT2D eigenvalue weighted by Gasteiger charge is -2.20. The number of nitrogens with two attached hydrogens (primary N) is 1. The molecule has 1 unspecified atom stereocenters. The van der Waals surface area contributed by atoms with Crippen molar-refractivity contribution in [2.45, 2.75) is 19.4 Å². The Hall–Kier alpha value is -1.10. The molecule has 1 aromatic rings. The molecule has 12 heavy (non-hydrogen) atoms. The number of aromatic amines is 1. The second-order valence-electron chi connectivity index (χ2n) is 3.20. The lowest BCUT2D eigenvalue weighted by molar-refractivity contribution is 0.368. The summed E-state index contributed by atoms with van der Waals surface area (Å²) in [7, 11) is 0. The first-order chi connectivity index (χ1) is 5.81. The van der Waals surface area contributed by atoms with Gasteiger partial charge in [-0.15, -0.1) is 0 Å². The summed E-state index contributed by atoms with van der Waals surface area (Å²) in [4.78, 5) is 11.1. The Kier molecular flexibility index (Phi) is 1.73. The van der Waals surface area contributed by atoms with Gasteiger partial charge in [0, 0.05) is 13.0 Å². The van der Waals surface area contributed by atoms with E-state index in [-0.39, 0.29) is 5.69 Å². The highest BCUT2D eigenvalue weighted by molar-refractivity contribution is 4.91. The Morgan fingerprint density at radius 2 is 2.58 bits per heavy atom. The second kappa shape index (κ2) is 2.75. The summed E-state index contributed by atoms with van der Waals surface area (Å²) in [6.07, 6.45) is 1.90. The van der Waals surface area contributed by atoms with Crippen LogP contribution in [-0.2, 0) is 13.0 Å². The van der Waals surface area contributed by atoms with Crippen LogP contribution in [0.2, 0.25) is 0 Å². The Balaban J connectivity index is 2.32. The quantitative estimate of drug-likeness (QED) is 0.570. The van der Waals surface area contributed by atoms with Crippen molar-refractivity contribution in [3.05, 3.63) is 16.3 Å². The standard InChI is InChI=1S/C7H12N4O/c8-3-5-1-2-6-9-10-7(12)11(6)4-5/h5H,1-4,8H2,(H,10,12). The minimum absolute atomic E-state index is 0.108. The van der Waals surface area contributed by atoms with E-state index in [0.717, 1.165) is 25.2 Å². The normalized spacial score (nSPS) is 22.2. The summed E-state index contributed by atoms with van der Waals surface area (Å²) in [6, 6.07) is 0. The molecule has 1 atom stereocenters. The third kappa shape index (κ3) is 1.06. The predicted octanol–water partition coefficient (Wildman–Crippen LogP) is -0.908. The third-order valence-electron chi connectivity index (χ3n) is 2.39. The molecule has 66 valence electrons. The maximum absolute atomic E-state index is 11.1. The number of nitrogens with zero attached hydrogens (tertiary/aromatic N) is 2. The van der Waals surface area contributed by atoms with Gasteiger partial charge in [0.25, 0.3) is 0 Å². The SMILES string of the molecule is NCC1CCc2n[nH]c(=O)n2C1. The summed E-state index contributed by atoms with van der Waals surface area (Å²) in [5.74, 6) is 1.30. The van der Waals surface area contributed by atoms with E-state index in [1.165, 1.54) is 0 Å². The number of aromatic nitrogens is 3. The molecule has 5 nitrogen and oxygen atoms in total. The van der Waals surface area contributed by atoms with E-state index in [1.807, 2.05) is 0 Å². The van der Waals surface area contributed by atoms with Crippen molar-refractivity contribution in [1.29, 1.82) is 0 Å². The Morgan fingerprint density at radius 3 is 3.33 bits per heavy atom. The molecule has 1 aliphatic heterocycles. The Labute approximate surface area is 69.6 Å². The van der Waals surface area contributed by atoms with Gasteiger partial charge < -0.3 is 5.73 Å². The minimum atomic E-state index is -0.108. The number of aryl methyl sites for hydroxylation is 1. The van der Waals surface area contributed by atoms with E-state index >= 15 is 0 Å². The predicted molar refractivity (Wildman–Crippen MR) is 43.7 cm³/mol. The zero-order valence-corrected chi connectivity index (χ0v) is 6.79. The summed E-state index contributed by atoms with van der Waals surface area (Å²) in [5.41, 5.74) is 5.43. The molecule has 0 spiro atoms. The molecule has 1 aliphatic rings. The number of nitrogens with one attached hydrogen (secondary N) is 1. The van der Waals surface area contributed by atoms with Gasteiger partial charge >= 0.3 is 5.69 Å². The largest absolute Gasteiger partial charge is 0.343 e. The molecule has 3 N–H and O–H groups in total. The summed E-state index contributed by atoms with van der Waals surface area (Å²) < 4.78 is 1.68. The maximum atomic E-state index is 11.1. The molecule has 0 saturated heterocycles. The first-order valence-electron chi connectivity index (χ1n) is 4.15. The monoisotopic (exact) mass is 168 g/mol. The molecule has 2 rings (SSSR count). The van der Waals surface area contributed by atoms with Crippen molar-refractivity contribution in [2.24, 2.45) is 11.7 Å². The van der Waals surface area contributed by atoms with Gasteiger partial charge in [-0.2, -0.15) is 5.10 Å². The molecule has 0 aromatic carbocycles. The molecule has 0 saturated carbocycles. The Morgan fingerprint density at radius 1 is 1.75 bits per heavy atom. The number of hydrogen-bond acceptors (Lipinski definition) is 3. The fourth-order valence-corrected chi connectivity index (χ4v) is 1.60. The van der Waals surface area contributed by atoms with Crippen molar-refractivity contribution in [3.63, 3.8) is 0 Å². The fourth-order valence-electron chi connectivity index (χ4n) is 1.60. The van der Waals surface area contributed by atoms with E-state index in [1.54, 1.807) is 4.57 Å². The summed E-state index contributed by atoms with van der Waals surface area (Å²) in [6.45, 7) is 1.37. The summed E-state index contributed by atoms with van der Waals surface area (Å²) >= 11 is 0. The zero-order valence-electron chi connectivity index (χ0n) is 6.79. The van der Waals surface area contributed by atoms with Gasteiger partial charge in [0.05, 0.1) is 0 Å². The number of fused-ring (bicyclic) bond motifs is 1. The van der Waals surface area contributed by atoms with Crippen LogP contribution in [0.1, 0.15) is 12.2 Å². The summed E-state index contributed by atoms with van der Waals surface area (Å²) in [5, 5.41) is 6.35. The lowest BCUT2D eigenvalue weighted by Crippen LogP contribution is -2.31. The molecule has 0 radical (unpaired) electrons. The molecule has 1 aromatic heterocycles. The van der Waals surface area contributed by atoms with Crippen LogP contribution in [-0.4, -0.2) is 21.3 Å². The topological polar surface area (TPSA) is 76.7 Å². The van der Waals surface area contributed by atoms with Gasteiger partial charge in [-0.05, 0) is 18.9 Å². The highest BCUT2D eigenvalue weighted by Gasteiger charge is 2.19. The minimum Gasteiger partial charge on any atom is -0.330 e. The second-order valence-corrected chi connectivity index (χ2v) is 3.20. The average Bonchev–Trinajstić information content (AvgIpc) is 2.47. The van der Waals surface area contributed by atoms with Crippen LogP contribution in [0.15, 0.2) is 4.79 Å². The van der Waals surface area contributed by atoms with Crippen LogP contribution in [0.25, 0.3) is 0 Å². The van der Waals surface area contributed by atoms with Gasteiger partial charge in [-0.3, -0.25) is 4.57 Å². The van der Waals surface area contributed by atoms with Crippen LogP contribution < -0.4 is 11.4 Å². The van der Waals surface area contributed by atoms with E-state index in [4.69, 9.17) is 5.73 Å². The number of rotatable bonds is 1. The smallest absolute Gasteiger partial charge is 0.330 e. The van der Waals surface area contributed by atoms with Crippen molar-refractivity contribution in [1.82, 2.24) is 14.8 Å². The van der Waals surface area contributed by atoms with Crippen LogP contribution in [0.5, 0.6) is 0 Å². The average molecular weight is 168 g/mol. The molecule has 2 heterocycles. The molecule has 0 fully saturated rings. The third-order valence-corrected chi connectivity index (χ3v) is 2.39. The van der Waals surface area contributed by atoms with Gasteiger partial charge in [0.2, 0.25) is 0 Å². The molecular formula is C7H12N4O. The van der Waals surface area contributed by atoms with E-state index in [0.29, 0.717) is 12.5 Å². The zero-order chi connectivity index (χ0) is 8.55. The van der Waals surface area contributed by atoms with Gasteiger partial charge in [0.1, 0.15) is 5.82 Å². The Bertz CT molecular complexity index is 326. The highest BCUT2D eigenvalue weighted by atomic mass is 16.1. The van der Waals surface area contributed by atoms with Crippen LogP contribution in [0, 0.1) is 5.92 Å². The molecular weight excluding hydrogens is 156 g/mol. The molecule has 0 bridgehead atoms. The van der Waals surface area contributed by atoms with Crippen LogP contribution >= 0.6 is 0 Å². The molecule has 0 amide bonds. The van der Waals surface area contributed by atoms with Crippen molar-refractivity contribution < 1.29 is 0 Å². The molecule has 5 heteroatoms. The highest BCUT2D eigenvalue weighted by Crippen LogP contribution is 2.14. The van der Waals surface area contributed by atoms with Crippen molar-refractivity contribution in [2.75, 3.05) is 6.54 Å².